The number of nitrogen functional groups attached to an aromatic ring is 1. The summed E-state index contributed by atoms with van der Waals surface area (Å²) in [5.74, 6) is -2.22. The molecule has 0 aliphatic rings. The van der Waals surface area contributed by atoms with E-state index in [1.807, 2.05) is 0 Å². The van der Waals surface area contributed by atoms with Crippen LogP contribution in [0, 0.1) is 11.6 Å². The highest BCUT2D eigenvalue weighted by molar-refractivity contribution is 7.92. The first-order valence-corrected chi connectivity index (χ1v) is 7.18. The van der Waals surface area contributed by atoms with Gasteiger partial charge in [-0.15, -0.1) is 0 Å². The summed E-state index contributed by atoms with van der Waals surface area (Å²) in [5, 5.41) is 0.219. The summed E-state index contributed by atoms with van der Waals surface area (Å²) < 4.78 is 52.0. The molecule has 0 saturated carbocycles. The van der Waals surface area contributed by atoms with Gasteiger partial charge in [0.25, 0.3) is 10.0 Å². The van der Waals surface area contributed by atoms with Crippen LogP contribution in [-0.4, -0.2) is 8.42 Å². The third kappa shape index (κ3) is 3.00. The third-order valence-corrected chi connectivity index (χ3v) is 4.17. The molecule has 0 aromatic heterocycles. The van der Waals surface area contributed by atoms with Gasteiger partial charge in [0.05, 0.1) is 21.3 Å². The number of nitrogens with one attached hydrogen (secondary N) is 1. The van der Waals surface area contributed by atoms with Crippen LogP contribution in [0.15, 0.2) is 41.3 Å². The van der Waals surface area contributed by atoms with E-state index in [2.05, 4.69) is 4.72 Å². The standard InChI is InChI=1S/C12H9ClF2N2O2S/c13-9-3-2-8(6-12(9)16)20(18,19)17-7-1-4-10(14)11(15)5-7/h1-6,17H,16H2. The van der Waals surface area contributed by atoms with E-state index >= 15 is 0 Å². The Kier molecular flexibility index (Phi) is 3.82. The number of halogens is 3. The van der Waals surface area contributed by atoms with E-state index in [1.54, 1.807) is 0 Å². The molecule has 0 fully saturated rings. The van der Waals surface area contributed by atoms with Gasteiger partial charge in [-0.3, -0.25) is 4.72 Å². The summed E-state index contributed by atoms with van der Waals surface area (Å²) in [5.41, 5.74) is 5.52. The zero-order valence-corrected chi connectivity index (χ0v) is 11.5. The molecule has 2 aromatic rings. The fourth-order valence-corrected chi connectivity index (χ4v) is 2.66. The zero-order chi connectivity index (χ0) is 14.9. The van der Waals surface area contributed by atoms with E-state index in [0.717, 1.165) is 18.2 Å². The average Bonchev–Trinajstić information content (AvgIpc) is 2.37. The Balaban J connectivity index is 2.35. The Morgan fingerprint density at radius 3 is 2.35 bits per heavy atom. The average molecular weight is 319 g/mol. The van der Waals surface area contributed by atoms with Gasteiger partial charge in [-0.1, -0.05) is 11.6 Å². The Morgan fingerprint density at radius 2 is 1.75 bits per heavy atom. The largest absolute Gasteiger partial charge is 0.397 e. The Hall–Kier alpha value is -1.86. The van der Waals surface area contributed by atoms with Gasteiger partial charge in [-0.25, -0.2) is 17.2 Å². The van der Waals surface area contributed by atoms with Gasteiger partial charge in [0.1, 0.15) is 0 Å². The first-order valence-electron chi connectivity index (χ1n) is 5.32. The first kappa shape index (κ1) is 14.5. The Morgan fingerprint density at radius 1 is 1.05 bits per heavy atom. The maximum absolute atomic E-state index is 13.0. The van der Waals surface area contributed by atoms with Crippen molar-refractivity contribution < 1.29 is 17.2 Å². The van der Waals surface area contributed by atoms with Gasteiger partial charge in [0, 0.05) is 6.07 Å². The maximum Gasteiger partial charge on any atom is 0.261 e. The minimum atomic E-state index is -3.96. The second-order valence-corrected chi connectivity index (χ2v) is 6.01. The highest BCUT2D eigenvalue weighted by Gasteiger charge is 2.16. The highest BCUT2D eigenvalue weighted by atomic mass is 35.5. The van der Waals surface area contributed by atoms with E-state index in [4.69, 9.17) is 17.3 Å². The van der Waals surface area contributed by atoms with Crippen LogP contribution in [0.2, 0.25) is 5.02 Å². The molecule has 0 heterocycles. The van der Waals surface area contributed by atoms with Gasteiger partial charge >= 0.3 is 0 Å². The molecule has 0 aliphatic carbocycles. The van der Waals surface area contributed by atoms with Crippen LogP contribution in [0.5, 0.6) is 0 Å². The van der Waals surface area contributed by atoms with Crippen molar-refractivity contribution in [1.29, 1.82) is 0 Å². The summed E-state index contributed by atoms with van der Waals surface area (Å²) in [6, 6.07) is 6.42. The number of anilines is 2. The van der Waals surface area contributed by atoms with Crippen molar-refractivity contribution in [2.45, 2.75) is 4.90 Å². The van der Waals surface area contributed by atoms with Crippen LogP contribution >= 0.6 is 11.6 Å². The summed E-state index contributed by atoms with van der Waals surface area (Å²) in [4.78, 5) is -0.135. The van der Waals surface area contributed by atoms with Crippen LogP contribution in [0.25, 0.3) is 0 Å². The molecule has 0 radical (unpaired) electrons. The van der Waals surface area contributed by atoms with Crippen molar-refractivity contribution in [1.82, 2.24) is 0 Å². The molecule has 0 unspecified atom stereocenters. The van der Waals surface area contributed by atoms with Gasteiger partial charge in [-0.05, 0) is 30.3 Å². The van der Waals surface area contributed by atoms with E-state index in [-0.39, 0.29) is 21.3 Å². The molecular weight excluding hydrogens is 310 g/mol. The van der Waals surface area contributed by atoms with Crippen LogP contribution in [-0.2, 0) is 10.0 Å². The summed E-state index contributed by atoms with van der Waals surface area (Å²) in [6.45, 7) is 0. The summed E-state index contributed by atoms with van der Waals surface area (Å²) >= 11 is 5.70. The highest BCUT2D eigenvalue weighted by Crippen LogP contribution is 2.24. The molecule has 0 spiro atoms. The van der Waals surface area contributed by atoms with E-state index in [1.165, 1.54) is 18.2 Å². The molecule has 0 saturated heterocycles. The maximum atomic E-state index is 13.0. The fourth-order valence-electron chi connectivity index (χ4n) is 1.46. The van der Waals surface area contributed by atoms with E-state index < -0.39 is 21.7 Å². The molecular formula is C12H9ClF2N2O2S. The lowest BCUT2D eigenvalue weighted by atomic mass is 10.3. The Labute approximate surface area is 119 Å². The molecule has 8 heteroatoms. The van der Waals surface area contributed by atoms with Gasteiger partial charge < -0.3 is 5.73 Å². The van der Waals surface area contributed by atoms with E-state index in [0.29, 0.717) is 0 Å². The van der Waals surface area contributed by atoms with Crippen LogP contribution < -0.4 is 10.5 Å². The smallest absolute Gasteiger partial charge is 0.261 e. The molecule has 20 heavy (non-hydrogen) atoms. The number of benzene rings is 2. The van der Waals surface area contributed by atoms with E-state index in [9.17, 15) is 17.2 Å². The SMILES string of the molecule is Nc1cc(S(=O)(=O)Nc2ccc(F)c(F)c2)ccc1Cl. The fraction of sp³-hybridized carbons (Fsp3) is 0. The summed E-state index contributed by atoms with van der Waals surface area (Å²) in [6.07, 6.45) is 0. The van der Waals surface area contributed by atoms with Crippen molar-refractivity contribution in [2.24, 2.45) is 0 Å². The van der Waals surface area contributed by atoms with Crippen molar-refractivity contribution in [3.05, 3.63) is 53.1 Å². The quantitative estimate of drug-likeness (QED) is 0.854. The van der Waals surface area contributed by atoms with Crippen molar-refractivity contribution in [3.8, 4) is 0 Å². The Bertz CT molecular complexity index is 766. The molecule has 3 N–H and O–H groups in total. The molecule has 0 aliphatic heterocycles. The summed E-state index contributed by atoms with van der Waals surface area (Å²) in [7, 11) is -3.96. The van der Waals surface area contributed by atoms with Crippen LogP contribution in [0.3, 0.4) is 0 Å². The predicted molar refractivity (Wildman–Crippen MR) is 73.0 cm³/mol. The van der Waals surface area contributed by atoms with Gasteiger partial charge in [-0.2, -0.15) is 0 Å². The van der Waals surface area contributed by atoms with Crippen molar-refractivity contribution >= 4 is 33.0 Å². The zero-order valence-electron chi connectivity index (χ0n) is 9.90. The minimum absolute atomic E-state index is 0.0971. The third-order valence-electron chi connectivity index (χ3n) is 2.45. The number of nitrogens with two attached hydrogens (primary N) is 1. The molecule has 2 aromatic carbocycles. The van der Waals surface area contributed by atoms with Crippen LogP contribution in [0.1, 0.15) is 0 Å². The van der Waals surface area contributed by atoms with Gasteiger partial charge in [0.15, 0.2) is 11.6 Å². The molecule has 0 bridgehead atoms. The lowest BCUT2D eigenvalue weighted by molar-refractivity contribution is 0.509. The molecule has 0 atom stereocenters. The van der Waals surface area contributed by atoms with Gasteiger partial charge in [0.2, 0.25) is 0 Å². The molecule has 2 rings (SSSR count). The first-order chi connectivity index (χ1) is 9.29. The predicted octanol–water partition coefficient (Wildman–Crippen LogP) is 3.00. The minimum Gasteiger partial charge on any atom is -0.397 e. The number of hydrogen-bond donors (Lipinski definition) is 2. The molecule has 4 nitrogen and oxygen atoms in total. The number of hydrogen-bond acceptors (Lipinski definition) is 3. The van der Waals surface area contributed by atoms with Crippen LogP contribution in [0.4, 0.5) is 20.2 Å². The second-order valence-electron chi connectivity index (χ2n) is 3.92. The second kappa shape index (κ2) is 5.26. The van der Waals surface area contributed by atoms with Crippen molar-refractivity contribution in [2.75, 3.05) is 10.5 Å². The topological polar surface area (TPSA) is 72.2 Å². The normalized spacial score (nSPS) is 11.3. The lowest BCUT2D eigenvalue weighted by Gasteiger charge is -2.09. The monoisotopic (exact) mass is 318 g/mol. The van der Waals surface area contributed by atoms with Crippen molar-refractivity contribution in [3.63, 3.8) is 0 Å². The lowest BCUT2D eigenvalue weighted by Crippen LogP contribution is -2.13. The number of rotatable bonds is 3. The number of sulfonamides is 1. The molecule has 0 amide bonds. The molecule has 106 valence electrons.